The van der Waals surface area contributed by atoms with Crippen molar-refractivity contribution in [2.75, 3.05) is 122 Å². The summed E-state index contributed by atoms with van der Waals surface area (Å²) in [4.78, 5) is 70.5. The van der Waals surface area contributed by atoms with Crippen LogP contribution in [0.15, 0.2) is 162 Å². The number of thiophene rings is 1. The average Bonchev–Trinajstić information content (AvgIpc) is 3.16. The molecule has 3 fully saturated rings. The molecule has 10 aromatic rings. The standard InChI is InChI=1S/C22H20N4OS2.C21H21FN4O2S.C21H21N5O2S.C2H6/c27-21(24-16-6-2-3-7-18(16)26-11-9-23-10-12-26)17-14-28-22(25-17)20-13-15-5-1-4-8-19(15)29-20;1-28-14-6-7-16(22)15(12-14)21-25-18(13-29-21)20(27)24-17-4-2-3-5-19(17)26-10-8-23-9-11-26;27-14-23-16-5-3-4-15(12-16)21-25-18(13-29-21)20(28)24-17-6-1-2-7-19(17)26-10-8-22-9-11-26;1-2/h1-8,13-14,23H,9-12H2,(H,24,27);2-7,12-13,23H,8-11H2,1H3,(H,24,27);1-7,12-14,22H,8-11H2,(H,23,27)(H,24,28);1-2H3. The molecule has 13 rings (SSSR count). The maximum absolute atomic E-state index is 14.2. The van der Waals surface area contributed by atoms with Crippen molar-refractivity contribution in [1.29, 1.82) is 0 Å². The van der Waals surface area contributed by atoms with Crippen LogP contribution in [0.4, 0.5) is 44.2 Å². The Kier molecular flexibility index (Phi) is 22.2. The normalized spacial score (nSPS) is 13.7. The summed E-state index contributed by atoms with van der Waals surface area (Å²) < 4.78 is 20.6. The van der Waals surface area contributed by atoms with Crippen LogP contribution < -0.4 is 56.7 Å². The average molecular weight is 1270 g/mol. The molecule has 0 radical (unpaired) electrons. The molecule has 0 saturated carbocycles. The lowest BCUT2D eigenvalue weighted by Crippen LogP contribution is -2.43. The number of anilines is 7. The van der Waals surface area contributed by atoms with Crippen LogP contribution in [-0.4, -0.2) is 125 Å². The van der Waals surface area contributed by atoms with E-state index in [-0.39, 0.29) is 23.4 Å². The highest BCUT2D eigenvalue weighted by Gasteiger charge is 2.22. The zero-order valence-electron chi connectivity index (χ0n) is 49.4. The Morgan fingerprint density at radius 3 is 1.47 bits per heavy atom. The molecule has 3 aliphatic rings. The van der Waals surface area contributed by atoms with Gasteiger partial charge in [-0.05, 0) is 84.2 Å². The smallest absolute Gasteiger partial charge is 0.275 e. The summed E-state index contributed by atoms with van der Waals surface area (Å²) in [6, 6.07) is 45.8. The fourth-order valence-corrected chi connectivity index (χ4v) is 13.6. The zero-order chi connectivity index (χ0) is 61.9. The maximum Gasteiger partial charge on any atom is 0.275 e. The number of aromatic nitrogens is 3. The highest BCUT2D eigenvalue weighted by molar-refractivity contribution is 7.25. The van der Waals surface area contributed by atoms with Crippen LogP contribution in [0.1, 0.15) is 45.3 Å². The van der Waals surface area contributed by atoms with Crippen molar-refractivity contribution in [2.45, 2.75) is 13.8 Å². The third-order valence-corrected chi connectivity index (χ3v) is 18.3. The topological polar surface area (TPSA) is 210 Å². The number of hydrogen-bond acceptors (Lipinski definition) is 18. The van der Waals surface area contributed by atoms with Gasteiger partial charge in [0.25, 0.3) is 17.7 Å². The van der Waals surface area contributed by atoms with Gasteiger partial charge in [0.2, 0.25) is 6.41 Å². The quantitative estimate of drug-likeness (QED) is 0.0477. The molecule has 89 heavy (non-hydrogen) atoms. The van der Waals surface area contributed by atoms with Gasteiger partial charge in [-0.3, -0.25) is 19.2 Å². The Morgan fingerprint density at radius 2 is 0.978 bits per heavy atom. The van der Waals surface area contributed by atoms with Crippen molar-refractivity contribution >= 4 is 119 Å². The molecular formula is C66H68FN13O5S4. The monoisotopic (exact) mass is 1270 g/mol. The number of benzene rings is 6. The number of rotatable bonds is 15. The second kappa shape index (κ2) is 31.3. The lowest BCUT2D eigenvalue weighted by atomic mass is 10.2. The molecular weight excluding hydrogens is 1200 g/mol. The van der Waals surface area contributed by atoms with E-state index in [0.29, 0.717) is 39.8 Å². The molecule has 18 nitrogen and oxygen atoms in total. The van der Waals surface area contributed by atoms with Gasteiger partial charge in [-0.1, -0.05) is 80.6 Å². The van der Waals surface area contributed by atoms with Gasteiger partial charge in [-0.15, -0.1) is 45.3 Å². The minimum Gasteiger partial charge on any atom is -0.497 e. The van der Waals surface area contributed by atoms with E-state index in [1.807, 2.05) is 116 Å². The Morgan fingerprint density at radius 1 is 0.528 bits per heavy atom. The van der Waals surface area contributed by atoms with Gasteiger partial charge < -0.3 is 56.7 Å². The number of ether oxygens (including phenoxy) is 1. The van der Waals surface area contributed by atoms with Gasteiger partial charge in [0.1, 0.15) is 43.7 Å². The van der Waals surface area contributed by atoms with E-state index in [4.69, 9.17) is 4.74 Å². The predicted molar refractivity (Wildman–Crippen MR) is 364 cm³/mol. The largest absolute Gasteiger partial charge is 0.497 e. The molecule has 3 aliphatic heterocycles. The van der Waals surface area contributed by atoms with Crippen LogP contribution >= 0.6 is 45.3 Å². The summed E-state index contributed by atoms with van der Waals surface area (Å²) in [7, 11) is 1.52. The van der Waals surface area contributed by atoms with Gasteiger partial charge in [-0.2, -0.15) is 0 Å². The molecule has 0 unspecified atom stereocenters. The minimum atomic E-state index is -0.406. The third kappa shape index (κ3) is 16.2. The molecule has 7 heterocycles. The van der Waals surface area contributed by atoms with Crippen molar-refractivity contribution in [3.05, 3.63) is 185 Å². The molecule has 4 amide bonds. The summed E-state index contributed by atoms with van der Waals surface area (Å²) in [6.45, 7) is 15.0. The van der Waals surface area contributed by atoms with Gasteiger partial charge in [0, 0.05) is 116 Å². The Balaban J connectivity index is 0.000000145. The number of carbonyl (C=O) groups is 4. The highest BCUT2D eigenvalue weighted by atomic mass is 32.1. The molecule has 3 saturated heterocycles. The van der Waals surface area contributed by atoms with Crippen LogP contribution in [0.3, 0.4) is 0 Å². The number of para-hydroxylation sites is 6. The molecule has 458 valence electrons. The number of halogens is 1. The first kappa shape index (κ1) is 63.1. The molecule has 6 aromatic carbocycles. The fourth-order valence-electron chi connectivity index (χ4n) is 10.0. The summed E-state index contributed by atoms with van der Waals surface area (Å²) in [5.41, 5.74) is 8.34. The van der Waals surface area contributed by atoms with Crippen molar-refractivity contribution < 1.29 is 28.3 Å². The molecule has 23 heteroatoms. The van der Waals surface area contributed by atoms with Crippen LogP contribution in [0.5, 0.6) is 5.75 Å². The maximum atomic E-state index is 14.2. The first-order valence-electron chi connectivity index (χ1n) is 29.3. The number of nitrogens with zero attached hydrogens (tertiary/aromatic N) is 6. The number of hydrogen-bond donors (Lipinski definition) is 7. The number of fused-ring (bicyclic) bond motifs is 1. The minimum absolute atomic E-state index is 0.170. The highest BCUT2D eigenvalue weighted by Crippen LogP contribution is 2.37. The lowest BCUT2D eigenvalue weighted by Gasteiger charge is -2.31. The van der Waals surface area contributed by atoms with E-state index in [9.17, 15) is 23.6 Å². The number of piperazine rings is 3. The predicted octanol–water partition coefficient (Wildman–Crippen LogP) is 12.4. The van der Waals surface area contributed by atoms with Crippen LogP contribution in [0.25, 0.3) is 41.1 Å². The molecule has 0 spiro atoms. The molecule has 0 atom stereocenters. The van der Waals surface area contributed by atoms with E-state index >= 15 is 0 Å². The molecule has 4 aromatic heterocycles. The number of thiazole rings is 3. The van der Waals surface area contributed by atoms with Crippen LogP contribution in [-0.2, 0) is 4.79 Å². The number of amides is 4. The number of methoxy groups -OCH3 is 1. The van der Waals surface area contributed by atoms with Crippen molar-refractivity contribution in [2.24, 2.45) is 0 Å². The van der Waals surface area contributed by atoms with Gasteiger partial charge in [0.15, 0.2) is 0 Å². The van der Waals surface area contributed by atoms with Gasteiger partial charge in [0.05, 0.1) is 46.1 Å². The van der Waals surface area contributed by atoms with E-state index < -0.39 is 5.82 Å². The Labute approximate surface area is 532 Å². The van der Waals surface area contributed by atoms with E-state index in [2.05, 4.69) is 91.1 Å². The number of carbonyl (C=O) groups excluding carboxylic acids is 4. The SMILES string of the molecule is CC.COc1ccc(F)c(-c2nc(C(=O)Nc3ccccc3N3CCNCC3)cs2)c1.O=C(Nc1ccccc1N1CCNCC1)c1csc(-c2cc3ccccc3s2)n1.O=CNc1cccc(-c2nc(C(=O)Nc3ccccc3N3CCNCC3)cs2)c1. The summed E-state index contributed by atoms with van der Waals surface area (Å²) in [5, 5.41) is 30.1. The first-order valence-corrected chi connectivity index (χ1v) is 32.7. The zero-order valence-corrected chi connectivity index (χ0v) is 52.7. The first-order chi connectivity index (χ1) is 43.7. The van der Waals surface area contributed by atoms with Crippen LogP contribution in [0.2, 0.25) is 0 Å². The Hall–Kier alpha value is -8.94. The Bertz CT molecular complexity index is 3970. The van der Waals surface area contributed by atoms with Crippen molar-refractivity contribution in [3.63, 3.8) is 0 Å². The van der Waals surface area contributed by atoms with E-state index in [0.717, 1.165) is 133 Å². The fraction of sp³-hybridized carbons (Fsp3) is 0.227. The molecule has 0 bridgehead atoms. The van der Waals surface area contributed by atoms with E-state index in [1.54, 1.807) is 40.3 Å². The van der Waals surface area contributed by atoms with Gasteiger partial charge in [-0.25, -0.2) is 19.3 Å². The second-order valence-electron chi connectivity index (χ2n) is 20.1. The van der Waals surface area contributed by atoms with Crippen molar-refractivity contribution in [1.82, 2.24) is 30.9 Å². The molecule has 7 N–H and O–H groups in total. The lowest BCUT2D eigenvalue weighted by molar-refractivity contribution is -0.105. The third-order valence-electron chi connectivity index (χ3n) is 14.4. The summed E-state index contributed by atoms with van der Waals surface area (Å²) in [5.74, 6) is -0.601. The van der Waals surface area contributed by atoms with E-state index in [1.165, 1.54) is 57.3 Å². The van der Waals surface area contributed by atoms with Crippen LogP contribution in [0, 0.1) is 5.82 Å². The number of nitrogens with one attached hydrogen (secondary N) is 7. The second-order valence-corrected chi connectivity index (χ2v) is 23.7. The summed E-state index contributed by atoms with van der Waals surface area (Å²) in [6.07, 6.45) is 0.635. The van der Waals surface area contributed by atoms with Crippen molar-refractivity contribution in [3.8, 4) is 36.8 Å². The van der Waals surface area contributed by atoms with Gasteiger partial charge >= 0.3 is 0 Å². The summed E-state index contributed by atoms with van der Waals surface area (Å²) >= 11 is 5.83. The molecule has 0 aliphatic carbocycles.